The minimum absolute atomic E-state index is 0.492. The van der Waals surface area contributed by atoms with Crippen LogP contribution in [0.2, 0.25) is 0 Å². The molecular formula is C15H27N3. The maximum atomic E-state index is 4.64. The number of rotatable bonds is 6. The van der Waals surface area contributed by atoms with E-state index in [2.05, 4.69) is 69.0 Å². The normalized spacial score (nSPS) is 12.8. The van der Waals surface area contributed by atoms with E-state index in [1.54, 1.807) is 0 Å². The van der Waals surface area contributed by atoms with E-state index in [-0.39, 0.29) is 0 Å². The molecule has 1 atom stereocenters. The summed E-state index contributed by atoms with van der Waals surface area (Å²) in [6.07, 6.45) is 0. The predicted octanol–water partition coefficient (Wildman–Crippen LogP) is 2.98. The molecule has 1 rings (SSSR count). The molecular weight excluding hydrogens is 222 g/mol. The molecule has 0 saturated carbocycles. The molecule has 1 aromatic heterocycles. The number of anilines is 1. The van der Waals surface area contributed by atoms with Crippen molar-refractivity contribution in [3.8, 4) is 0 Å². The Balaban J connectivity index is 2.91. The second-order valence-corrected chi connectivity index (χ2v) is 5.35. The number of hydrogen-bond acceptors (Lipinski definition) is 3. The number of nitrogens with one attached hydrogen (secondary N) is 1. The topological polar surface area (TPSA) is 28.2 Å². The van der Waals surface area contributed by atoms with Crippen LogP contribution in [0.1, 0.15) is 39.0 Å². The third kappa shape index (κ3) is 3.98. The molecule has 0 bridgehead atoms. The summed E-state index contributed by atoms with van der Waals surface area (Å²) in [5.74, 6) is 1.69. The molecule has 1 aromatic rings. The van der Waals surface area contributed by atoms with E-state index < -0.39 is 0 Å². The molecule has 0 aliphatic carbocycles. The molecule has 0 aromatic carbocycles. The average molecular weight is 249 g/mol. The van der Waals surface area contributed by atoms with Gasteiger partial charge in [0, 0.05) is 25.3 Å². The molecule has 0 fully saturated rings. The fourth-order valence-corrected chi connectivity index (χ4v) is 1.93. The zero-order chi connectivity index (χ0) is 13.7. The van der Waals surface area contributed by atoms with Crippen LogP contribution >= 0.6 is 0 Å². The van der Waals surface area contributed by atoms with Gasteiger partial charge in [0.2, 0.25) is 0 Å². The minimum atomic E-state index is 0.492. The Hall–Kier alpha value is -1.09. The van der Waals surface area contributed by atoms with Crippen molar-refractivity contribution in [3.05, 3.63) is 23.4 Å². The van der Waals surface area contributed by atoms with E-state index in [1.807, 2.05) is 0 Å². The van der Waals surface area contributed by atoms with E-state index in [0.29, 0.717) is 12.0 Å². The molecule has 3 heteroatoms. The van der Waals surface area contributed by atoms with Gasteiger partial charge in [0.15, 0.2) is 0 Å². The van der Waals surface area contributed by atoms with E-state index in [9.17, 15) is 0 Å². The standard InChI is InChI=1S/C15H27N3/c1-7-16-10-14-8-12(4)17-15(9-14)18(6)13(5)11(2)3/h8-9,11,13,16H,7,10H2,1-6H3. The van der Waals surface area contributed by atoms with Gasteiger partial charge in [0.25, 0.3) is 0 Å². The Morgan fingerprint density at radius 2 is 1.94 bits per heavy atom. The van der Waals surface area contributed by atoms with Gasteiger partial charge >= 0.3 is 0 Å². The highest BCUT2D eigenvalue weighted by atomic mass is 15.2. The molecule has 0 aliphatic heterocycles. The van der Waals surface area contributed by atoms with Gasteiger partial charge in [0.1, 0.15) is 5.82 Å². The van der Waals surface area contributed by atoms with E-state index >= 15 is 0 Å². The van der Waals surface area contributed by atoms with Crippen molar-refractivity contribution in [2.45, 2.75) is 47.2 Å². The monoisotopic (exact) mass is 249 g/mol. The first-order valence-electron chi connectivity index (χ1n) is 6.86. The van der Waals surface area contributed by atoms with Crippen molar-refractivity contribution in [2.24, 2.45) is 5.92 Å². The Kier molecular flexibility index (Phi) is 5.60. The van der Waals surface area contributed by atoms with Gasteiger partial charge in [-0.05, 0) is 44.0 Å². The predicted molar refractivity (Wildman–Crippen MR) is 79.1 cm³/mol. The van der Waals surface area contributed by atoms with Crippen LogP contribution in [-0.4, -0.2) is 24.6 Å². The lowest BCUT2D eigenvalue weighted by atomic mass is 10.1. The van der Waals surface area contributed by atoms with Crippen LogP contribution in [-0.2, 0) is 6.54 Å². The van der Waals surface area contributed by atoms with Crippen LogP contribution in [0.5, 0.6) is 0 Å². The summed E-state index contributed by atoms with van der Waals surface area (Å²) in [6.45, 7) is 12.8. The number of pyridine rings is 1. The summed E-state index contributed by atoms with van der Waals surface area (Å²) < 4.78 is 0. The molecule has 18 heavy (non-hydrogen) atoms. The van der Waals surface area contributed by atoms with E-state index in [4.69, 9.17) is 0 Å². The molecule has 1 N–H and O–H groups in total. The highest BCUT2D eigenvalue weighted by Crippen LogP contribution is 2.19. The van der Waals surface area contributed by atoms with Crippen molar-refractivity contribution >= 4 is 5.82 Å². The van der Waals surface area contributed by atoms with Crippen LogP contribution in [0.15, 0.2) is 12.1 Å². The summed E-state index contributed by atoms with van der Waals surface area (Å²) in [5, 5.41) is 3.36. The molecule has 1 heterocycles. The van der Waals surface area contributed by atoms with Crippen LogP contribution < -0.4 is 10.2 Å². The minimum Gasteiger partial charge on any atom is -0.357 e. The zero-order valence-electron chi connectivity index (χ0n) is 12.6. The fraction of sp³-hybridized carbons (Fsp3) is 0.667. The Morgan fingerprint density at radius 1 is 1.28 bits per heavy atom. The first kappa shape index (κ1) is 15.0. The van der Waals surface area contributed by atoms with Gasteiger partial charge in [-0.2, -0.15) is 0 Å². The van der Waals surface area contributed by atoms with Gasteiger partial charge in [-0.1, -0.05) is 20.8 Å². The first-order valence-corrected chi connectivity index (χ1v) is 6.86. The second kappa shape index (κ2) is 6.74. The van der Waals surface area contributed by atoms with Gasteiger partial charge in [0.05, 0.1) is 0 Å². The Labute approximate surface area is 112 Å². The zero-order valence-corrected chi connectivity index (χ0v) is 12.6. The highest BCUT2D eigenvalue weighted by molar-refractivity contribution is 5.43. The summed E-state index contributed by atoms with van der Waals surface area (Å²) in [7, 11) is 2.13. The summed E-state index contributed by atoms with van der Waals surface area (Å²) in [5.41, 5.74) is 2.39. The van der Waals surface area contributed by atoms with Crippen LogP contribution in [0, 0.1) is 12.8 Å². The van der Waals surface area contributed by atoms with Crippen LogP contribution in [0.4, 0.5) is 5.82 Å². The maximum absolute atomic E-state index is 4.64. The molecule has 1 unspecified atom stereocenters. The van der Waals surface area contributed by atoms with Gasteiger partial charge < -0.3 is 10.2 Å². The van der Waals surface area contributed by atoms with Crippen molar-refractivity contribution in [1.29, 1.82) is 0 Å². The van der Waals surface area contributed by atoms with E-state index in [1.165, 1.54) is 5.56 Å². The number of aromatic nitrogens is 1. The third-order valence-corrected chi connectivity index (χ3v) is 3.52. The molecule has 0 spiro atoms. The van der Waals surface area contributed by atoms with Crippen LogP contribution in [0.25, 0.3) is 0 Å². The number of hydrogen-bond donors (Lipinski definition) is 1. The van der Waals surface area contributed by atoms with Gasteiger partial charge in [-0.25, -0.2) is 4.98 Å². The number of nitrogens with zero attached hydrogens (tertiary/aromatic N) is 2. The smallest absolute Gasteiger partial charge is 0.129 e. The van der Waals surface area contributed by atoms with Gasteiger partial charge in [-0.3, -0.25) is 0 Å². The molecule has 0 saturated heterocycles. The second-order valence-electron chi connectivity index (χ2n) is 5.35. The summed E-state index contributed by atoms with van der Waals surface area (Å²) in [4.78, 5) is 6.91. The van der Waals surface area contributed by atoms with Crippen molar-refractivity contribution in [3.63, 3.8) is 0 Å². The molecule has 0 aliphatic rings. The maximum Gasteiger partial charge on any atom is 0.129 e. The Bertz CT molecular complexity index is 374. The lowest BCUT2D eigenvalue weighted by Crippen LogP contribution is -2.34. The first-order chi connectivity index (χ1) is 8.45. The van der Waals surface area contributed by atoms with Crippen molar-refractivity contribution in [1.82, 2.24) is 10.3 Å². The summed E-state index contributed by atoms with van der Waals surface area (Å²) >= 11 is 0. The lowest BCUT2D eigenvalue weighted by molar-refractivity contribution is 0.502. The largest absolute Gasteiger partial charge is 0.357 e. The quantitative estimate of drug-likeness (QED) is 0.840. The highest BCUT2D eigenvalue weighted by Gasteiger charge is 2.15. The van der Waals surface area contributed by atoms with E-state index in [0.717, 1.165) is 24.6 Å². The number of aryl methyl sites for hydroxylation is 1. The van der Waals surface area contributed by atoms with Crippen molar-refractivity contribution in [2.75, 3.05) is 18.5 Å². The summed E-state index contributed by atoms with van der Waals surface area (Å²) in [6, 6.07) is 4.83. The van der Waals surface area contributed by atoms with Crippen molar-refractivity contribution < 1.29 is 0 Å². The van der Waals surface area contributed by atoms with Gasteiger partial charge in [-0.15, -0.1) is 0 Å². The fourth-order valence-electron chi connectivity index (χ4n) is 1.93. The average Bonchev–Trinajstić information content (AvgIpc) is 2.33. The molecule has 102 valence electrons. The Morgan fingerprint density at radius 3 is 2.50 bits per heavy atom. The third-order valence-electron chi connectivity index (χ3n) is 3.52. The molecule has 0 amide bonds. The molecule has 0 radical (unpaired) electrons. The lowest BCUT2D eigenvalue weighted by Gasteiger charge is -2.29. The van der Waals surface area contributed by atoms with Crippen LogP contribution in [0.3, 0.4) is 0 Å². The molecule has 3 nitrogen and oxygen atoms in total. The SMILES string of the molecule is CCNCc1cc(C)nc(N(C)C(C)C(C)C)c1.